The van der Waals surface area contributed by atoms with Crippen LogP contribution in [0.25, 0.3) is 0 Å². The lowest BCUT2D eigenvalue weighted by Crippen LogP contribution is -2.42. The Kier molecular flexibility index (Phi) is 6.22. The Hall–Kier alpha value is -3.19. The molecule has 0 aliphatic carbocycles. The number of amides is 3. The fourth-order valence-corrected chi connectivity index (χ4v) is 3.27. The highest BCUT2D eigenvalue weighted by molar-refractivity contribution is 6.31. The zero-order valence-electron chi connectivity index (χ0n) is 17.1. The molecule has 0 aromatic heterocycles. The predicted molar refractivity (Wildman–Crippen MR) is 119 cm³/mol. The fraction of sp³-hybridized carbons (Fsp3) is 0.273. The molecule has 8 heteroatoms. The Balaban J connectivity index is 1.82. The standard InChI is InChI=1S/C22H24ClN3O4/c1-5-10-26-17-8-7-15(12-19(17)30-13-22(2,3)20(26)27)24-21(28)25-16-11-14(23)6-9-18(16)29-4/h5-9,11-12H,1,10,13H2,2-4H3,(H2,24,25,28). The molecule has 0 radical (unpaired) electrons. The molecule has 30 heavy (non-hydrogen) atoms. The third-order valence-electron chi connectivity index (χ3n) is 4.64. The summed E-state index contributed by atoms with van der Waals surface area (Å²) in [5, 5.41) is 5.94. The van der Waals surface area contributed by atoms with Crippen molar-refractivity contribution < 1.29 is 19.1 Å². The Morgan fingerprint density at radius 3 is 2.77 bits per heavy atom. The van der Waals surface area contributed by atoms with Gasteiger partial charge in [0.05, 0.1) is 23.9 Å². The first kappa shape index (κ1) is 21.5. The number of methoxy groups -OCH3 is 1. The van der Waals surface area contributed by atoms with Gasteiger partial charge in [-0.05, 0) is 44.2 Å². The molecular formula is C22H24ClN3O4. The highest BCUT2D eigenvalue weighted by Gasteiger charge is 2.37. The monoisotopic (exact) mass is 429 g/mol. The molecule has 0 bridgehead atoms. The second kappa shape index (κ2) is 8.67. The van der Waals surface area contributed by atoms with Gasteiger partial charge in [-0.25, -0.2) is 4.79 Å². The number of fused-ring (bicyclic) bond motifs is 1. The normalized spacial score (nSPS) is 14.8. The largest absolute Gasteiger partial charge is 0.495 e. The lowest BCUT2D eigenvalue weighted by molar-refractivity contribution is -0.127. The minimum Gasteiger partial charge on any atom is -0.495 e. The molecule has 0 saturated heterocycles. The van der Waals surface area contributed by atoms with E-state index in [2.05, 4.69) is 17.2 Å². The van der Waals surface area contributed by atoms with Crippen LogP contribution in [-0.2, 0) is 4.79 Å². The quantitative estimate of drug-likeness (QED) is 0.660. The van der Waals surface area contributed by atoms with Crippen molar-refractivity contribution >= 4 is 40.6 Å². The third kappa shape index (κ3) is 4.52. The number of ether oxygens (including phenoxy) is 2. The van der Waals surface area contributed by atoms with E-state index in [-0.39, 0.29) is 12.5 Å². The van der Waals surface area contributed by atoms with Gasteiger partial charge in [0.1, 0.15) is 18.1 Å². The average Bonchev–Trinajstić information content (AvgIpc) is 2.78. The van der Waals surface area contributed by atoms with Crippen LogP contribution in [0.5, 0.6) is 11.5 Å². The molecule has 3 rings (SSSR count). The van der Waals surface area contributed by atoms with Gasteiger partial charge < -0.3 is 25.0 Å². The molecule has 0 unspecified atom stereocenters. The first-order valence-electron chi connectivity index (χ1n) is 9.36. The number of hydrogen-bond donors (Lipinski definition) is 2. The van der Waals surface area contributed by atoms with E-state index in [4.69, 9.17) is 21.1 Å². The molecule has 0 spiro atoms. The number of benzene rings is 2. The molecule has 0 fully saturated rings. The summed E-state index contributed by atoms with van der Waals surface area (Å²) in [5.41, 5.74) is 0.903. The van der Waals surface area contributed by atoms with E-state index in [9.17, 15) is 9.59 Å². The summed E-state index contributed by atoms with van der Waals surface area (Å²) in [5.74, 6) is 0.946. The Morgan fingerprint density at radius 2 is 2.07 bits per heavy atom. The minimum absolute atomic E-state index is 0.0485. The fourth-order valence-electron chi connectivity index (χ4n) is 3.10. The lowest BCUT2D eigenvalue weighted by Gasteiger charge is -2.27. The molecule has 0 saturated carbocycles. The molecule has 2 N–H and O–H groups in total. The number of urea groups is 1. The van der Waals surface area contributed by atoms with Crippen LogP contribution in [0.15, 0.2) is 49.1 Å². The van der Waals surface area contributed by atoms with Gasteiger partial charge in [0.2, 0.25) is 5.91 Å². The second-order valence-corrected chi connectivity index (χ2v) is 7.92. The van der Waals surface area contributed by atoms with Gasteiger partial charge in [-0.1, -0.05) is 17.7 Å². The van der Waals surface area contributed by atoms with E-state index in [1.54, 1.807) is 47.4 Å². The van der Waals surface area contributed by atoms with Crippen molar-refractivity contribution in [3.8, 4) is 11.5 Å². The lowest BCUT2D eigenvalue weighted by atomic mass is 9.93. The maximum atomic E-state index is 12.9. The van der Waals surface area contributed by atoms with Crippen molar-refractivity contribution in [3.05, 3.63) is 54.1 Å². The summed E-state index contributed by atoms with van der Waals surface area (Å²) in [6, 6.07) is 9.61. The van der Waals surface area contributed by atoms with Gasteiger partial charge in [-0.2, -0.15) is 0 Å². The van der Waals surface area contributed by atoms with Gasteiger partial charge in [0.15, 0.2) is 0 Å². The number of hydrogen-bond acceptors (Lipinski definition) is 4. The van der Waals surface area contributed by atoms with Crippen molar-refractivity contribution in [2.24, 2.45) is 5.41 Å². The van der Waals surface area contributed by atoms with Gasteiger partial charge in [-0.15, -0.1) is 6.58 Å². The first-order valence-corrected chi connectivity index (χ1v) is 9.74. The maximum absolute atomic E-state index is 12.9. The third-order valence-corrected chi connectivity index (χ3v) is 4.88. The number of carbonyl (C=O) groups is 2. The van der Waals surface area contributed by atoms with Crippen LogP contribution in [0, 0.1) is 5.41 Å². The predicted octanol–water partition coefficient (Wildman–Crippen LogP) is 4.93. The second-order valence-electron chi connectivity index (χ2n) is 7.48. The van der Waals surface area contributed by atoms with Gasteiger partial charge in [0, 0.05) is 23.3 Å². The summed E-state index contributed by atoms with van der Waals surface area (Å²) in [6.07, 6.45) is 1.67. The van der Waals surface area contributed by atoms with Crippen molar-refractivity contribution in [2.45, 2.75) is 13.8 Å². The van der Waals surface area contributed by atoms with E-state index < -0.39 is 11.4 Å². The average molecular weight is 430 g/mol. The number of anilines is 3. The zero-order valence-corrected chi connectivity index (χ0v) is 17.9. The van der Waals surface area contributed by atoms with Crippen LogP contribution >= 0.6 is 11.6 Å². The molecule has 1 aliphatic rings. The first-order chi connectivity index (χ1) is 14.2. The molecular weight excluding hydrogens is 406 g/mol. The number of rotatable bonds is 5. The maximum Gasteiger partial charge on any atom is 0.323 e. The Bertz CT molecular complexity index is 990. The topological polar surface area (TPSA) is 79.9 Å². The van der Waals surface area contributed by atoms with Crippen molar-refractivity contribution in [1.29, 1.82) is 0 Å². The highest BCUT2D eigenvalue weighted by atomic mass is 35.5. The van der Waals surface area contributed by atoms with Crippen molar-refractivity contribution in [3.63, 3.8) is 0 Å². The molecule has 158 valence electrons. The molecule has 3 amide bonds. The Labute approximate surface area is 180 Å². The molecule has 2 aromatic carbocycles. The summed E-state index contributed by atoms with van der Waals surface area (Å²) in [6.45, 7) is 7.99. The van der Waals surface area contributed by atoms with Gasteiger partial charge in [0.25, 0.3) is 0 Å². The van der Waals surface area contributed by atoms with Gasteiger partial charge >= 0.3 is 6.03 Å². The number of nitrogens with one attached hydrogen (secondary N) is 2. The molecule has 1 heterocycles. The van der Waals surface area contributed by atoms with E-state index in [1.807, 2.05) is 13.8 Å². The minimum atomic E-state index is -0.684. The van der Waals surface area contributed by atoms with Gasteiger partial charge in [-0.3, -0.25) is 4.79 Å². The molecule has 7 nitrogen and oxygen atoms in total. The van der Waals surface area contributed by atoms with E-state index in [1.165, 1.54) is 7.11 Å². The van der Waals surface area contributed by atoms with Crippen LogP contribution in [0.4, 0.5) is 21.9 Å². The Morgan fingerprint density at radius 1 is 1.30 bits per heavy atom. The van der Waals surface area contributed by atoms with E-state index in [0.29, 0.717) is 40.1 Å². The van der Waals surface area contributed by atoms with E-state index >= 15 is 0 Å². The van der Waals surface area contributed by atoms with Crippen LogP contribution in [0.3, 0.4) is 0 Å². The molecule has 1 aliphatic heterocycles. The summed E-state index contributed by atoms with van der Waals surface area (Å²) in [4.78, 5) is 27.0. The van der Waals surface area contributed by atoms with Crippen LogP contribution in [-0.4, -0.2) is 32.2 Å². The number of nitrogens with zero attached hydrogens (tertiary/aromatic N) is 1. The summed E-state index contributed by atoms with van der Waals surface area (Å²) < 4.78 is 11.1. The highest BCUT2D eigenvalue weighted by Crippen LogP contribution is 2.38. The van der Waals surface area contributed by atoms with Crippen LogP contribution in [0.2, 0.25) is 5.02 Å². The van der Waals surface area contributed by atoms with E-state index in [0.717, 1.165) is 0 Å². The number of carbonyl (C=O) groups excluding carboxylic acids is 2. The smallest absolute Gasteiger partial charge is 0.323 e. The summed E-state index contributed by atoms with van der Waals surface area (Å²) >= 11 is 6.00. The van der Waals surface area contributed by atoms with Crippen molar-refractivity contribution in [1.82, 2.24) is 0 Å². The summed E-state index contributed by atoms with van der Waals surface area (Å²) in [7, 11) is 1.51. The molecule has 0 atom stereocenters. The number of halogens is 1. The van der Waals surface area contributed by atoms with Crippen LogP contribution in [0.1, 0.15) is 13.8 Å². The van der Waals surface area contributed by atoms with Crippen molar-refractivity contribution in [2.75, 3.05) is 35.8 Å². The molecule has 2 aromatic rings. The zero-order chi connectivity index (χ0) is 21.9. The SMILES string of the molecule is C=CCN1C(=O)C(C)(C)COc2cc(NC(=O)Nc3cc(Cl)ccc3OC)ccc21. The van der Waals surface area contributed by atoms with Crippen LogP contribution < -0.4 is 25.0 Å².